The minimum atomic E-state index is -4.70. The fraction of sp³-hybridized carbons (Fsp3) is 0.868. The summed E-state index contributed by atoms with van der Waals surface area (Å²) in [5, 5.41) is 3.05. The van der Waals surface area contributed by atoms with Crippen LogP contribution in [0, 0.1) is 0 Å². The molecular weight excluding hydrogens is 1080 g/mol. The summed E-state index contributed by atoms with van der Waals surface area (Å²) in [6.45, 7) is 6.87. The molecule has 0 aliphatic heterocycles. The van der Waals surface area contributed by atoms with Gasteiger partial charge in [0.05, 0.1) is 33.8 Å². The molecule has 0 spiro atoms. The number of amides is 1. The number of nitrogens with zero attached hydrogens (tertiary/aromatic N) is 1. The number of hydrogen-bond acceptors (Lipinski definition) is 7. The van der Waals surface area contributed by atoms with Crippen molar-refractivity contribution >= 4 is 19.7 Å². The lowest BCUT2D eigenvalue weighted by Crippen LogP contribution is -2.47. The van der Waals surface area contributed by atoms with Crippen molar-refractivity contribution in [3.05, 3.63) is 48.6 Å². The van der Waals surface area contributed by atoms with E-state index in [1.807, 2.05) is 33.3 Å². The molecule has 1 amide bonds. The Kier molecular flexibility index (Phi) is 64.4. The fourth-order valence-corrected chi connectivity index (χ4v) is 11.9. The average Bonchev–Trinajstić information content (AvgIpc) is 3.65. The van der Waals surface area contributed by atoms with Crippen molar-refractivity contribution in [2.45, 2.75) is 386 Å². The summed E-state index contributed by atoms with van der Waals surface area (Å²) in [5.74, 6) is -0.523. The molecule has 0 fully saturated rings. The molecule has 0 rings (SSSR count). The van der Waals surface area contributed by atoms with Gasteiger partial charge >= 0.3 is 5.97 Å². The van der Waals surface area contributed by atoms with E-state index in [0.29, 0.717) is 17.4 Å². The number of esters is 1. The first-order valence-corrected chi connectivity index (χ1v) is 38.9. The van der Waals surface area contributed by atoms with Crippen molar-refractivity contribution in [3.8, 4) is 0 Å². The van der Waals surface area contributed by atoms with Crippen LogP contribution in [0.3, 0.4) is 0 Å². The lowest BCUT2D eigenvalue weighted by Gasteiger charge is -2.30. The Morgan fingerprint density at radius 3 is 1.08 bits per heavy atom. The largest absolute Gasteiger partial charge is 0.756 e. The van der Waals surface area contributed by atoms with Gasteiger partial charge in [-0.3, -0.25) is 14.2 Å². The van der Waals surface area contributed by atoms with E-state index in [4.69, 9.17) is 13.8 Å². The lowest BCUT2D eigenvalue weighted by atomic mass is 10.0. The Morgan fingerprint density at radius 2 is 0.709 bits per heavy atom. The molecule has 0 aromatic rings. The van der Waals surface area contributed by atoms with Gasteiger partial charge in [0.1, 0.15) is 19.3 Å². The Bertz CT molecular complexity index is 1610. The number of carbonyl (C=O) groups is 2. The highest BCUT2D eigenvalue weighted by Crippen LogP contribution is 2.38. The number of ether oxygens (including phenoxy) is 1. The van der Waals surface area contributed by atoms with Crippen LogP contribution in [0.4, 0.5) is 0 Å². The van der Waals surface area contributed by atoms with Crippen LogP contribution in [-0.4, -0.2) is 69.4 Å². The van der Waals surface area contributed by atoms with Gasteiger partial charge in [-0.05, 0) is 89.5 Å². The molecule has 10 heteroatoms. The maximum atomic E-state index is 13.6. The lowest BCUT2D eigenvalue weighted by molar-refractivity contribution is -0.870. The van der Waals surface area contributed by atoms with Gasteiger partial charge in [0, 0.05) is 12.8 Å². The van der Waals surface area contributed by atoms with Crippen LogP contribution < -0.4 is 10.2 Å². The Morgan fingerprint density at radius 1 is 0.407 bits per heavy atom. The van der Waals surface area contributed by atoms with Gasteiger partial charge in [0.2, 0.25) is 5.91 Å². The van der Waals surface area contributed by atoms with Gasteiger partial charge in [-0.15, -0.1) is 0 Å². The summed E-state index contributed by atoms with van der Waals surface area (Å²) in [6.07, 6.45) is 83.8. The van der Waals surface area contributed by atoms with Gasteiger partial charge in [0.25, 0.3) is 7.82 Å². The van der Waals surface area contributed by atoms with Crippen LogP contribution in [0.25, 0.3) is 0 Å². The first-order valence-electron chi connectivity index (χ1n) is 37.4. The maximum absolute atomic E-state index is 13.6. The standard InChI is InChI=1S/C76H145N2O7P/c1-7-10-13-16-19-22-25-28-30-32-34-36-38-39-41-43-45-47-49-51-54-57-60-63-66-69-76(80)85-74(67-64-61-58-55-52-27-24-21-18-15-12-9-3)73(72-84-86(81,82)83-71-70-78(4,5)6)77-75(79)68-65-62-59-56-53-50-48-46-44-42-40-37-35-33-31-29-26-23-20-17-14-11-8-2/h19,22,28-31,64,67,73-74H,7-18,20-21,23-27,32-63,65-66,68-72H2,1-6H3,(H-,77,79,81,82)/b22-19-,30-28-,31-29+,67-64+. The topological polar surface area (TPSA) is 114 Å². The molecule has 0 aliphatic rings. The molecule has 0 aromatic carbocycles. The zero-order valence-electron chi connectivity index (χ0n) is 58.0. The summed E-state index contributed by atoms with van der Waals surface area (Å²) in [4.78, 5) is 40.2. The zero-order chi connectivity index (χ0) is 62.8. The number of phosphoric ester groups is 1. The summed E-state index contributed by atoms with van der Waals surface area (Å²) >= 11 is 0. The number of nitrogens with one attached hydrogen (secondary N) is 1. The molecule has 0 aromatic heterocycles. The molecule has 1 N–H and O–H groups in total. The second kappa shape index (κ2) is 65.9. The second-order valence-corrected chi connectivity index (χ2v) is 28.2. The second-order valence-electron chi connectivity index (χ2n) is 26.8. The zero-order valence-corrected chi connectivity index (χ0v) is 58.9. The number of quaternary nitrogens is 1. The number of phosphoric acid groups is 1. The van der Waals surface area contributed by atoms with Crippen LogP contribution in [-0.2, 0) is 27.9 Å². The number of rotatable bonds is 69. The highest BCUT2D eigenvalue weighted by molar-refractivity contribution is 7.45. The fourth-order valence-electron chi connectivity index (χ4n) is 11.2. The average molecular weight is 1230 g/mol. The van der Waals surface area contributed by atoms with Crippen molar-refractivity contribution in [3.63, 3.8) is 0 Å². The number of allylic oxidation sites excluding steroid dienone is 7. The molecule has 3 atom stereocenters. The smallest absolute Gasteiger partial charge is 0.306 e. The summed E-state index contributed by atoms with van der Waals surface area (Å²) < 4.78 is 30.5. The van der Waals surface area contributed by atoms with Crippen LogP contribution >= 0.6 is 7.82 Å². The predicted octanol–water partition coefficient (Wildman–Crippen LogP) is 23.3. The first kappa shape index (κ1) is 84.0. The summed E-state index contributed by atoms with van der Waals surface area (Å²) in [6, 6.07) is -0.887. The van der Waals surface area contributed by atoms with Gasteiger partial charge < -0.3 is 28.5 Å². The monoisotopic (exact) mass is 1230 g/mol. The number of carbonyl (C=O) groups excluding carboxylic acids is 2. The third-order valence-electron chi connectivity index (χ3n) is 17.0. The van der Waals surface area contributed by atoms with E-state index in [1.54, 1.807) is 0 Å². The van der Waals surface area contributed by atoms with E-state index in [-0.39, 0.29) is 31.5 Å². The maximum Gasteiger partial charge on any atom is 0.306 e. The molecule has 3 unspecified atom stereocenters. The van der Waals surface area contributed by atoms with Crippen molar-refractivity contribution in [1.82, 2.24) is 5.32 Å². The van der Waals surface area contributed by atoms with Crippen LogP contribution in [0.5, 0.6) is 0 Å². The minimum Gasteiger partial charge on any atom is -0.756 e. The van der Waals surface area contributed by atoms with Crippen molar-refractivity contribution in [2.75, 3.05) is 40.9 Å². The Balaban J connectivity index is 4.98. The van der Waals surface area contributed by atoms with Crippen LogP contribution in [0.15, 0.2) is 48.6 Å². The molecule has 86 heavy (non-hydrogen) atoms. The third kappa shape index (κ3) is 66.4. The number of likely N-dealkylation sites (N-methyl/N-ethyl adjacent to an activating group) is 1. The molecule has 0 saturated carbocycles. The number of hydrogen-bond donors (Lipinski definition) is 1. The van der Waals surface area contributed by atoms with Crippen LogP contribution in [0.1, 0.15) is 374 Å². The normalized spacial score (nSPS) is 13.7. The van der Waals surface area contributed by atoms with Gasteiger partial charge in [-0.1, -0.05) is 320 Å². The first-order chi connectivity index (χ1) is 41.9. The number of unbranched alkanes of at least 4 members (excludes halogenated alkanes) is 47. The van der Waals surface area contributed by atoms with Crippen molar-refractivity contribution in [2.24, 2.45) is 0 Å². The highest BCUT2D eigenvalue weighted by Gasteiger charge is 2.27. The molecular formula is C76H145N2O7P. The molecule has 0 radical (unpaired) electrons. The predicted molar refractivity (Wildman–Crippen MR) is 372 cm³/mol. The van der Waals surface area contributed by atoms with E-state index in [9.17, 15) is 19.0 Å². The molecule has 0 aliphatic carbocycles. The Hall–Kier alpha value is -2.03. The molecule has 0 saturated heterocycles. The molecule has 0 bridgehead atoms. The summed E-state index contributed by atoms with van der Waals surface area (Å²) in [7, 11) is 1.20. The quantitative estimate of drug-likeness (QED) is 0.0212. The van der Waals surface area contributed by atoms with Crippen LogP contribution in [0.2, 0.25) is 0 Å². The molecule has 9 nitrogen and oxygen atoms in total. The van der Waals surface area contributed by atoms with Gasteiger partial charge in [-0.25, -0.2) is 0 Å². The van der Waals surface area contributed by atoms with E-state index in [2.05, 4.69) is 62.5 Å². The highest BCUT2D eigenvalue weighted by atomic mass is 31.2. The van der Waals surface area contributed by atoms with E-state index in [0.717, 1.165) is 64.2 Å². The molecule has 506 valence electrons. The van der Waals surface area contributed by atoms with E-state index >= 15 is 0 Å². The SMILES string of the molecule is CCCCC/C=C\C/C=C\CCCCCCCCCCCCCCCCCC(=O)OC(/C=C/CCCCCCCCCCCC)C(COP(=O)([O-])OCC[N+](C)(C)C)NC(=O)CCCCCCCCCCCCCCC/C=C/CCCCCCCC. The molecule has 0 heterocycles. The minimum absolute atomic E-state index is 0.0203. The van der Waals surface area contributed by atoms with Crippen molar-refractivity contribution in [1.29, 1.82) is 0 Å². The van der Waals surface area contributed by atoms with Gasteiger partial charge in [-0.2, -0.15) is 0 Å². The van der Waals surface area contributed by atoms with Crippen molar-refractivity contribution < 1.29 is 37.3 Å². The third-order valence-corrected chi connectivity index (χ3v) is 17.9. The van der Waals surface area contributed by atoms with E-state index < -0.39 is 20.0 Å². The summed E-state index contributed by atoms with van der Waals surface area (Å²) in [5.41, 5.74) is 0. The van der Waals surface area contributed by atoms with E-state index in [1.165, 1.54) is 276 Å². The van der Waals surface area contributed by atoms with Gasteiger partial charge in [0.15, 0.2) is 0 Å². The Labute approximate surface area is 535 Å².